The van der Waals surface area contributed by atoms with Gasteiger partial charge in [0.25, 0.3) is 0 Å². The van der Waals surface area contributed by atoms with Crippen LogP contribution >= 0.6 is 0 Å². The predicted octanol–water partition coefficient (Wildman–Crippen LogP) is 1.68. The molecule has 8 nitrogen and oxygen atoms in total. The van der Waals surface area contributed by atoms with Gasteiger partial charge in [0.1, 0.15) is 11.6 Å². The molecule has 3 unspecified atom stereocenters. The Morgan fingerprint density at radius 2 is 2.16 bits per heavy atom. The number of aliphatic hydroxyl groups is 1. The van der Waals surface area contributed by atoms with Gasteiger partial charge in [-0.2, -0.15) is 0 Å². The minimum Gasteiger partial charge on any atom is -0.465 e. The number of rotatable bonds is 12. The molecule has 0 saturated carbocycles. The maximum atomic E-state index is 13.9. The van der Waals surface area contributed by atoms with E-state index < -0.39 is 35.6 Å². The number of hydrogen-bond acceptors (Lipinski definition) is 6. The molecule has 3 rings (SSSR count). The van der Waals surface area contributed by atoms with Crippen molar-refractivity contribution in [3.05, 3.63) is 25.3 Å². The number of hydrogen-bond donors (Lipinski definition) is 1. The van der Waals surface area contributed by atoms with E-state index >= 15 is 0 Å². The summed E-state index contributed by atoms with van der Waals surface area (Å²) in [6, 6.07) is -0.910. The van der Waals surface area contributed by atoms with Gasteiger partial charge in [0.2, 0.25) is 11.8 Å². The molecule has 2 bridgehead atoms. The van der Waals surface area contributed by atoms with Crippen LogP contribution in [0.15, 0.2) is 25.3 Å². The second-order valence-corrected chi connectivity index (χ2v) is 8.97. The molecule has 8 heteroatoms. The highest BCUT2D eigenvalue weighted by Crippen LogP contribution is 2.58. The third kappa shape index (κ3) is 3.99. The summed E-state index contributed by atoms with van der Waals surface area (Å²) >= 11 is 0. The summed E-state index contributed by atoms with van der Waals surface area (Å²) in [7, 11) is 0. The lowest BCUT2D eigenvalue weighted by molar-refractivity contribution is -0.155. The first kappa shape index (κ1) is 24.5. The Balaban J connectivity index is 1.95. The summed E-state index contributed by atoms with van der Waals surface area (Å²) in [5.74, 6) is -2.49. The first-order chi connectivity index (χ1) is 15.4. The maximum Gasteiger partial charge on any atom is 0.312 e. The second-order valence-electron chi connectivity index (χ2n) is 8.97. The lowest BCUT2D eigenvalue weighted by Crippen LogP contribution is -2.58. The van der Waals surface area contributed by atoms with Crippen molar-refractivity contribution in [1.29, 1.82) is 0 Å². The highest BCUT2D eigenvalue weighted by molar-refractivity contribution is 5.98. The molecule has 3 heterocycles. The van der Waals surface area contributed by atoms with Gasteiger partial charge in [-0.3, -0.25) is 14.4 Å². The smallest absolute Gasteiger partial charge is 0.312 e. The minimum absolute atomic E-state index is 0.0177. The Bertz CT molecular complexity index is 755. The van der Waals surface area contributed by atoms with E-state index in [4.69, 9.17) is 9.47 Å². The highest BCUT2D eigenvalue weighted by atomic mass is 16.6. The molecule has 1 spiro atoms. The largest absolute Gasteiger partial charge is 0.465 e. The van der Waals surface area contributed by atoms with Gasteiger partial charge in [-0.05, 0) is 32.6 Å². The minimum atomic E-state index is -1.07. The molecule has 32 heavy (non-hydrogen) atoms. The summed E-state index contributed by atoms with van der Waals surface area (Å²) in [5.41, 5.74) is -1.07. The lowest BCUT2D eigenvalue weighted by atomic mass is 9.70. The number of ether oxygens (including phenoxy) is 2. The van der Waals surface area contributed by atoms with Crippen molar-refractivity contribution in [2.75, 3.05) is 26.3 Å². The molecule has 3 aliphatic heterocycles. The molecule has 178 valence electrons. The van der Waals surface area contributed by atoms with Gasteiger partial charge in [-0.25, -0.2) is 0 Å². The van der Waals surface area contributed by atoms with Crippen molar-refractivity contribution >= 4 is 17.8 Å². The molecule has 2 amide bonds. The molecule has 0 aromatic rings. The number of likely N-dealkylation sites (tertiary alicyclic amines) is 1. The van der Waals surface area contributed by atoms with E-state index in [-0.39, 0.29) is 37.6 Å². The molecule has 0 aromatic heterocycles. The van der Waals surface area contributed by atoms with Crippen molar-refractivity contribution in [2.45, 2.75) is 69.7 Å². The van der Waals surface area contributed by atoms with E-state index in [1.807, 2.05) is 6.92 Å². The van der Waals surface area contributed by atoms with Crippen LogP contribution in [0.4, 0.5) is 0 Å². The topological polar surface area (TPSA) is 96.4 Å². The zero-order valence-electron chi connectivity index (χ0n) is 19.2. The Morgan fingerprint density at radius 3 is 2.78 bits per heavy atom. The fraction of sp³-hybridized carbons (Fsp3) is 0.708. The lowest BCUT2D eigenvalue weighted by Gasteiger charge is -2.38. The van der Waals surface area contributed by atoms with Crippen LogP contribution in [0.5, 0.6) is 0 Å². The fourth-order valence-electron chi connectivity index (χ4n) is 5.74. The zero-order chi connectivity index (χ0) is 23.5. The molecule has 3 aliphatic rings. The van der Waals surface area contributed by atoms with Crippen molar-refractivity contribution in [3.8, 4) is 0 Å². The number of fused-ring (bicyclic) bond motifs is 1. The van der Waals surface area contributed by atoms with Gasteiger partial charge in [0, 0.05) is 19.1 Å². The van der Waals surface area contributed by atoms with Gasteiger partial charge in [0.15, 0.2) is 0 Å². The third-order valence-electron chi connectivity index (χ3n) is 7.06. The molecule has 0 radical (unpaired) electrons. The Labute approximate surface area is 190 Å². The molecule has 3 saturated heterocycles. The van der Waals surface area contributed by atoms with Crippen LogP contribution < -0.4 is 0 Å². The number of β-amino-alcohol motifs (C(OH)–C–C–N with tert-alkyl or cyclic N) is 1. The second kappa shape index (κ2) is 10.2. The van der Waals surface area contributed by atoms with E-state index in [0.717, 1.165) is 12.8 Å². The average molecular weight is 449 g/mol. The molecule has 3 fully saturated rings. The third-order valence-corrected chi connectivity index (χ3v) is 7.06. The molecule has 0 aliphatic carbocycles. The van der Waals surface area contributed by atoms with Gasteiger partial charge >= 0.3 is 5.97 Å². The van der Waals surface area contributed by atoms with Crippen LogP contribution in [0.1, 0.15) is 46.0 Å². The number of esters is 1. The van der Waals surface area contributed by atoms with E-state index in [0.29, 0.717) is 25.8 Å². The van der Waals surface area contributed by atoms with Gasteiger partial charge < -0.3 is 24.4 Å². The van der Waals surface area contributed by atoms with Crippen LogP contribution in [0.3, 0.4) is 0 Å². The number of amides is 2. The zero-order valence-corrected chi connectivity index (χ0v) is 19.2. The highest BCUT2D eigenvalue weighted by Gasteiger charge is 2.75. The summed E-state index contributed by atoms with van der Waals surface area (Å²) in [5, 5.41) is 9.65. The first-order valence-electron chi connectivity index (χ1n) is 11.7. The molecular formula is C24H36N2O6. The van der Waals surface area contributed by atoms with Gasteiger partial charge in [-0.1, -0.05) is 25.5 Å². The number of carbonyl (C=O) groups is 3. The number of carbonyl (C=O) groups excluding carboxylic acids is 3. The van der Waals surface area contributed by atoms with Crippen LogP contribution in [-0.2, 0) is 23.9 Å². The van der Waals surface area contributed by atoms with Crippen molar-refractivity contribution in [2.24, 2.45) is 11.8 Å². The Hall–Kier alpha value is -2.19. The Morgan fingerprint density at radius 1 is 1.41 bits per heavy atom. The predicted molar refractivity (Wildman–Crippen MR) is 118 cm³/mol. The SMILES string of the molecule is C=CCCOC(=O)[C@@H]1[C@H]2C(=O)N(CCO)C(C(=O)N(CC=C)C(C)CCC)C23CC[C@H]1O3. The number of nitrogens with zero attached hydrogens (tertiary/aromatic N) is 2. The summed E-state index contributed by atoms with van der Waals surface area (Å²) in [4.78, 5) is 43.5. The summed E-state index contributed by atoms with van der Waals surface area (Å²) < 4.78 is 11.7. The molecule has 6 atom stereocenters. The van der Waals surface area contributed by atoms with Crippen LogP contribution in [0.2, 0.25) is 0 Å². The summed E-state index contributed by atoms with van der Waals surface area (Å²) in [6.45, 7) is 11.8. The average Bonchev–Trinajstić information content (AvgIpc) is 3.40. The molecule has 0 aromatic carbocycles. The van der Waals surface area contributed by atoms with Crippen LogP contribution in [-0.4, -0.2) is 82.8 Å². The standard InChI is InChI=1S/C24H36N2O6/c1-5-8-15-31-23(30)18-17-10-11-24(32-17)19(18)21(28)26(13-14-27)20(24)22(29)25(12-7-3)16(4)9-6-2/h5,7,16-20,27H,1,3,6,8-15H2,2,4H3/t16?,17-,18+,19+,20?,24?/m1/s1. The van der Waals surface area contributed by atoms with Crippen LogP contribution in [0.25, 0.3) is 0 Å². The first-order valence-corrected chi connectivity index (χ1v) is 11.7. The van der Waals surface area contributed by atoms with E-state index in [2.05, 4.69) is 20.1 Å². The van der Waals surface area contributed by atoms with E-state index in [1.54, 1.807) is 17.1 Å². The van der Waals surface area contributed by atoms with E-state index in [9.17, 15) is 19.5 Å². The van der Waals surface area contributed by atoms with Crippen molar-refractivity contribution in [1.82, 2.24) is 9.80 Å². The van der Waals surface area contributed by atoms with Gasteiger partial charge in [0.05, 0.1) is 31.2 Å². The molecular weight excluding hydrogens is 412 g/mol. The van der Waals surface area contributed by atoms with Crippen molar-refractivity contribution < 1.29 is 29.0 Å². The maximum absolute atomic E-state index is 13.9. The fourth-order valence-corrected chi connectivity index (χ4v) is 5.74. The normalized spacial score (nSPS) is 31.3. The molecule has 1 N–H and O–H groups in total. The van der Waals surface area contributed by atoms with Crippen LogP contribution in [0, 0.1) is 11.8 Å². The Kier molecular flexibility index (Phi) is 7.77. The number of aliphatic hydroxyl groups excluding tert-OH is 1. The van der Waals surface area contributed by atoms with Gasteiger partial charge in [-0.15, -0.1) is 13.2 Å². The van der Waals surface area contributed by atoms with Crippen molar-refractivity contribution in [3.63, 3.8) is 0 Å². The quantitative estimate of drug-likeness (QED) is 0.277. The summed E-state index contributed by atoms with van der Waals surface area (Å²) in [6.07, 6.45) is 6.27. The monoisotopic (exact) mass is 448 g/mol. The van der Waals surface area contributed by atoms with E-state index in [1.165, 1.54) is 4.90 Å².